The minimum absolute atomic E-state index is 0.00272. The van der Waals surface area contributed by atoms with Crippen LogP contribution in [-0.2, 0) is 14.4 Å². The standard InChI is InChI=1S/C31H42N2O3/c1-18-21-8-9-29(6)24(28(21,5)15-20(17-32)26(18)36)14-23(35)25-22-16-27(3,4)10-12-31(22,33-19(2)34)13-11-30(25,29)7/h14-15,18,21-22,25H,8-13,16H2,1-7H3,(H,33,34)/t18-,21-,22?,25?,28-,29+,30+,31-/m0/s1. The van der Waals surface area contributed by atoms with E-state index in [1.165, 1.54) is 0 Å². The van der Waals surface area contributed by atoms with Crippen LogP contribution in [0.4, 0.5) is 0 Å². The van der Waals surface area contributed by atoms with E-state index < -0.39 is 5.41 Å². The van der Waals surface area contributed by atoms with Crippen LogP contribution in [0.15, 0.2) is 23.3 Å². The van der Waals surface area contributed by atoms with Gasteiger partial charge in [-0.2, -0.15) is 5.26 Å². The van der Waals surface area contributed by atoms with Gasteiger partial charge < -0.3 is 5.32 Å². The molecule has 0 radical (unpaired) electrons. The summed E-state index contributed by atoms with van der Waals surface area (Å²) in [4.78, 5) is 39.6. The number of allylic oxidation sites excluding steroid dienone is 4. The number of carbonyl (C=O) groups excluding carboxylic acids is 3. The largest absolute Gasteiger partial charge is 0.351 e. The highest BCUT2D eigenvalue weighted by atomic mass is 16.1. The van der Waals surface area contributed by atoms with Gasteiger partial charge in [-0.05, 0) is 79.1 Å². The maximum Gasteiger partial charge on any atom is 0.217 e. The predicted octanol–water partition coefficient (Wildman–Crippen LogP) is 5.70. The summed E-state index contributed by atoms with van der Waals surface area (Å²) in [6.45, 7) is 15.0. The van der Waals surface area contributed by atoms with Gasteiger partial charge >= 0.3 is 0 Å². The van der Waals surface area contributed by atoms with Gasteiger partial charge in [0.2, 0.25) is 5.91 Å². The third-order valence-electron chi connectivity index (χ3n) is 11.9. The molecule has 0 aromatic heterocycles. The molecule has 3 saturated carbocycles. The summed E-state index contributed by atoms with van der Waals surface area (Å²) in [7, 11) is 0. The second kappa shape index (κ2) is 7.65. The van der Waals surface area contributed by atoms with Gasteiger partial charge in [0, 0.05) is 29.7 Å². The number of fused-ring (bicyclic) bond motifs is 7. The summed E-state index contributed by atoms with van der Waals surface area (Å²) in [6, 6.07) is 2.16. The molecule has 0 heterocycles. The number of ketones is 2. The molecule has 1 N–H and O–H groups in total. The van der Waals surface area contributed by atoms with Crippen LogP contribution in [0.2, 0.25) is 0 Å². The van der Waals surface area contributed by atoms with Gasteiger partial charge in [-0.15, -0.1) is 0 Å². The van der Waals surface area contributed by atoms with Crippen molar-refractivity contribution in [3.8, 4) is 6.07 Å². The maximum atomic E-state index is 14.3. The van der Waals surface area contributed by atoms with Crippen molar-refractivity contribution >= 4 is 17.5 Å². The second-order valence-corrected chi connectivity index (χ2v) is 14.3. The van der Waals surface area contributed by atoms with E-state index in [0.29, 0.717) is 0 Å². The monoisotopic (exact) mass is 490 g/mol. The lowest BCUT2D eigenvalue weighted by molar-refractivity contribution is -0.162. The van der Waals surface area contributed by atoms with Crippen LogP contribution in [0.25, 0.3) is 0 Å². The molecule has 3 fully saturated rings. The fourth-order valence-corrected chi connectivity index (χ4v) is 9.82. The normalized spacial score (nSPS) is 47.2. The van der Waals surface area contributed by atoms with E-state index in [1.54, 1.807) is 6.92 Å². The summed E-state index contributed by atoms with van der Waals surface area (Å²) < 4.78 is 0. The molecule has 0 spiro atoms. The Morgan fingerprint density at radius 3 is 2.33 bits per heavy atom. The van der Waals surface area contributed by atoms with Crippen LogP contribution in [0.1, 0.15) is 93.4 Å². The summed E-state index contributed by atoms with van der Waals surface area (Å²) in [6.07, 6.45) is 10.4. The first-order valence-corrected chi connectivity index (χ1v) is 13.9. The average molecular weight is 491 g/mol. The summed E-state index contributed by atoms with van der Waals surface area (Å²) >= 11 is 0. The summed E-state index contributed by atoms with van der Waals surface area (Å²) in [5, 5.41) is 13.1. The third kappa shape index (κ3) is 3.15. The van der Waals surface area contributed by atoms with Gasteiger partial charge in [0.1, 0.15) is 6.07 Å². The molecular weight excluding hydrogens is 448 g/mol. The van der Waals surface area contributed by atoms with E-state index in [2.05, 4.69) is 46.0 Å². The number of nitriles is 1. The SMILES string of the molecule is CC(=O)N[C@]12CCC(C)(C)CC1C1C(=O)C=C3[C@@]4(C)C=C(C#N)C(=O)[C@@H](C)[C@@H]4CC[C@@]3(C)[C@]1(C)CC2. The molecule has 2 unspecified atom stereocenters. The Morgan fingerprint density at radius 2 is 1.69 bits per heavy atom. The molecule has 0 aromatic carbocycles. The molecule has 5 heteroatoms. The average Bonchev–Trinajstić information content (AvgIpc) is 2.78. The van der Waals surface area contributed by atoms with Crippen LogP contribution in [-0.4, -0.2) is 23.0 Å². The molecule has 0 bridgehead atoms. The lowest BCUT2D eigenvalue weighted by Gasteiger charge is -2.68. The fourth-order valence-electron chi connectivity index (χ4n) is 9.82. The van der Waals surface area contributed by atoms with Crippen LogP contribution >= 0.6 is 0 Å². The van der Waals surface area contributed by atoms with Crippen LogP contribution in [0, 0.1) is 56.7 Å². The van der Waals surface area contributed by atoms with Crippen molar-refractivity contribution < 1.29 is 14.4 Å². The van der Waals surface area contributed by atoms with Crippen LogP contribution < -0.4 is 5.32 Å². The molecule has 5 rings (SSSR count). The molecular formula is C31H42N2O3. The Bertz CT molecular complexity index is 1160. The Morgan fingerprint density at radius 1 is 1.03 bits per heavy atom. The lowest BCUT2D eigenvalue weighted by atomic mass is 9.36. The molecule has 5 nitrogen and oxygen atoms in total. The zero-order valence-electron chi connectivity index (χ0n) is 23.1. The number of nitrogens with one attached hydrogen (secondary N) is 1. The Hall–Kier alpha value is -2.22. The third-order valence-corrected chi connectivity index (χ3v) is 11.9. The number of Topliss-reactive ketones (excluding diaryl/α,β-unsaturated/α-hetero) is 1. The van der Waals surface area contributed by atoms with Gasteiger partial charge in [-0.1, -0.05) is 53.2 Å². The van der Waals surface area contributed by atoms with Gasteiger partial charge in [-0.25, -0.2) is 0 Å². The van der Waals surface area contributed by atoms with Crippen molar-refractivity contribution in [2.45, 2.75) is 99.0 Å². The number of rotatable bonds is 1. The molecule has 36 heavy (non-hydrogen) atoms. The van der Waals surface area contributed by atoms with E-state index in [4.69, 9.17) is 0 Å². The molecule has 1 amide bonds. The molecule has 0 saturated heterocycles. The number of hydrogen-bond donors (Lipinski definition) is 1. The molecule has 5 aliphatic carbocycles. The van der Waals surface area contributed by atoms with Crippen molar-refractivity contribution in [1.82, 2.24) is 5.32 Å². The number of hydrogen-bond acceptors (Lipinski definition) is 4. The van der Waals surface area contributed by atoms with E-state index >= 15 is 0 Å². The van der Waals surface area contributed by atoms with E-state index in [-0.39, 0.29) is 68.5 Å². The summed E-state index contributed by atoms with van der Waals surface area (Å²) in [5.41, 5.74) is 0.253. The van der Waals surface area contributed by atoms with Crippen molar-refractivity contribution in [2.24, 2.45) is 45.3 Å². The molecule has 0 aromatic rings. The molecule has 5 aliphatic rings. The zero-order valence-corrected chi connectivity index (χ0v) is 23.1. The first-order chi connectivity index (χ1) is 16.6. The van der Waals surface area contributed by atoms with Gasteiger partial charge in [0.15, 0.2) is 11.6 Å². The first kappa shape index (κ1) is 25.4. The van der Waals surface area contributed by atoms with Gasteiger partial charge in [0.25, 0.3) is 0 Å². The van der Waals surface area contributed by atoms with Crippen LogP contribution in [0.5, 0.6) is 0 Å². The number of amides is 1. The minimum Gasteiger partial charge on any atom is -0.351 e. The predicted molar refractivity (Wildman–Crippen MR) is 138 cm³/mol. The minimum atomic E-state index is -0.479. The van der Waals surface area contributed by atoms with Crippen LogP contribution in [0.3, 0.4) is 0 Å². The fraction of sp³-hybridized carbons (Fsp3) is 0.742. The lowest BCUT2D eigenvalue weighted by Crippen LogP contribution is -2.69. The Labute approximate surface area is 216 Å². The van der Waals surface area contributed by atoms with Crippen molar-refractivity contribution in [1.29, 1.82) is 5.26 Å². The van der Waals surface area contributed by atoms with Gasteiger partial charge in [-0.3, -0.25) is 14.4 Å². The molecule has 0 aliphatic heterocycles. The van der Waals surface area contributed by atoms with Crippen molar-refractivity contribution in [3.05, 3.63) is 23.3 Å². The number of carbonyl (C=O) groups is 3. The van der Waals surface area contributed by atoms with Gasteiger partial charge in [0.05, 0.1) is 5.57 Å². The maximum absolute atomic E-state index is 14.3. The Balaban J connectivity index is 1.68. The van der Waals surface area contributed by atoms with E-state index in [9.17, 15) is 19.6 Å². The van der Waals surface area contributed by atoms with Crippen molar-refractivity contribution in [3.63, 3.8) is 0 Å². The smallest absolute Gasteiger partial charge is 0.217 e. The highest BCUT2D eigenvalue weighted by Crippen LogP contribution is 2.72. The number of nitrogens with zero attached hydrogens (tertiary/aromatic N) is 1. The first-order valence-electron chi connectivity index (χ1n) is 13.9. The highest BCUT2D eigenvalue weighted by Gasteiger charge is 2.69. The quantitative estimate of drug-likeness (QED) is 0.510. The van der Waals surface area contributed by atoms with Crippen molar-refractivity contribution in [2.75, 3.05) is 0 Å². The second-order valence-electron chi connectivity index (χ2n) is 14.3. The van der Waals surface area contributed by atoms with E-state index in [0.717, 1.165) is 50.5 Å². The van der Waals surface area contributed by atoms with E-state index in [1.807, 2.05) is 19.1 Å². The topological polar surface area (TPSA) is 87.0 Å². The molecule has 194 valence electrons. The zero-order chi connectivity index (χ0) is 26.5. The Kier molecular flexibility index (Phi) is 5.40. The summed E-state index contributed by atoms with van der Waals surface area (Å²) in [5.74, 6) is -0.0407. The highest BCUT2D eigenvalue weighted by molar-refractivity contribution is 6.02. The molecule has 8 atom stereocenters.